The number of alkyl halides is 3. The molecule has 0 aliphatic rings. The normalized spacial score (nSPS) is 13.4. The smallest absolute Gasteiger partial charge is 0.486 e. The largest absolute Gasteiger partial charge is 0.522 e. The van der Waals surface area contributed by atoms with Crippen molar-refractivity contribution in [1.82, 2.24) is 29.9 Å². The average molecular weight is 1710 g/mol. The number of para-hydroxylation sites is 1. The fourth-order valence-electron chi connectivity index (χ4n) is 9.32. The molecule has 0 bridgehead atoms. The van der Waals surface area contributed by atoms with E-state index in [1.807, 2.05) is 129 Å². The van der Waals surface area contributed by atoms with Crippen LogP contribution in [0, 0.1) is 43.7 Å². The molecule has 0 aliphatic carbocycles. The summed E-state index contributed by atoms with van der Waals surface area (Å²) >= 11 is 0. The molecule has 0 saturated carbocycles. The fraction of sp³-hybridized carbons (Fsp3) is 0.143. The molecule has 3 N–H and O–H groups in total. The number of nitrogens with zero attached hydrogens (tertiary/aromatic N) is 6. The molecule has 14 rings (SSSR count). The molecule has 0 saturated heterocycles. The summed E-state index contributed by atoms with van der Waals surface area (Å²) < 4.78 is 156. The maximum Gasteiger partial charge on any atom is 0.522 e. The van der Waals surface area contributed by atoms with E-state index in [-0.39, 0.29) is 51.8 Å². The molecule has 8 heterocycles. The van der Waals surface area contributed by atoms with Crippen molar-refractivity contribution < 1.29 is 105 Å². The first kappa shape index (κ1) is 65.9. The third-order valence-corrected chi connectivity index (χ3v) is 14.6. The van der Waals surface area contributed by atoms with Crippen molar-refractivity contribution in [1.29, 1.82) is 0 Å². The number of aryl methyl sites for hydroxylation is 2. The van der Waals surface area contributed by atoms with Gasteiger partial charge in [-0.25, -0.2) is 18.7 Å². The minimum Gasteiger partial charge on any atom is -0.486 e. The summed E-state index contributed by atoms with van der Waals surface area (Å²) in [6, 6.07) is 69.5. The average Bonchev–Trinajstić information content (AvgIpc) is 1.57. The summed E-state index contributed by atoms with van der Waals surface area (Å²) in [5.41, 5.74) is 9.93. The number of furan rings is 2. The molecule has 0 spiro atoms. The van der Waals surface area contributed by atoms with Crippen LogP contribution in [0.15, 0.2) is 234 Å². The Morgan fingerprint density at radius 3 is 1.37 bits per heavy atom. The van der Waals surface area contributed by atoms with Gasteiger partial charge in [-0.2, -0.15) is 21.6 Å². The standard InChI is InChI=1S/C23H15FN2O.C23H14FN2O.2C14H14N.CHF3O3S.2CH4O.2Ir/c2*1-14-5-10-19-18-3-2-4-20(22(18)27-23(19)26-14)21-13-16(11-12-25-21)15-6-8-17(24)9-7-15;2*1-11(2)13-8-9-14(15-10-13)12-6-4-3-5-7-12;2-1(3,4)8(5,6)7;2*1-2;;/h2-13H,1H3;2-3,5-13H,1H3;2*3-6,8-11H,1-2H3;(H,5,6,7);2*2H,1H3;;/q;3*-1;;;;;/i;;2*1D3,11D;;;;;. The van der Waals surface area contributed by atoms with Crippen LogP contribution in [0.5, 0.6) is 0 Å². The Labute approximate surface area is 603 Å². The number of halogens is 5. The molecule has 2 atom stereocenters. The molecule has 6 aromatic carbocycles. The summed E-state index contributed by atoms with van der Waals surface area (Å²) in [5.74, 6) is -3.81. The second-order valence-corrected chi connectivity index (χ2v) is 22.0. The first-order valence-electron chi connectivity index (χ1n) is 33.0. The van der Waals surface area contributed by atoms with E-state index < -0.39 is 41.1 Å². The number of benzene rings is 6. The molecule has 2 unspecified atom stereocenters. The molecule has 14 aromatic rings. The zero-order chi connectivity index (χ0) is 76.0. The summed E-state index contributed by atoms with van der Waals surface area (Å²) in [7, 11) is -3.84. The maximum absolute atomic E-state index is 13.2. The van der Waals surface area contributed by atoms with Gasteiger partial charge >= 0.3 is 15.6 Å². The molecule has 0 fully saturated rings. The van der Waals surface area contributed by atoms with Crippen LogP contribution in [0.3, 0.4) is 0 Å². The number of aliphatic hydroxyl groups excluding tert-OH is 2. The van der Waals surface area contributed by atoms with E-state index in [0.717, 1.165) is 109 Å². The van der Waals surface area contributed by atoms with E-state index in [4.69, 9.17) is 43.0 Å². The van der Waals surface area contributed by atoms with Gasteiger partial charge in [-0.1, -0.05) is 105 Å². The van der Waals surface area contributed by atoms with Gasteiger partial charge in [0.2, 0.25) is 11.4 Å². The van der Waals surface area contributed by atoms with Crippen molar-refractivity contribution in [2.45, 2.75) is 58.7 Å². The third kappa shape index (κ3) is 20.1. The van der Waals surface area contributed by atoms with Gasteiger partial charge in [0.25, 0.3) is 0 Å². The number of pyridine rings is 6. The first-order chi connectivity index (χ1) is 49.3. The van der Waals surface area contributed by atoms with Crippen LogP contribution in [-0.2, 0) is 50.3 Å². The van der Waals surface area contributed by atoms with Crippen LogP contribution in [-0.4, -0.2) is 72.8 Å². The summed E-state index contributed by atoms with van der Waals surface area (Å²) in [6.07, 6.45) is 6.41. The Balaban J connectivity index is 0.000000212. The van der Waals surface area contributed by atoms with Crippen molar-refractivity contribution in [2.24, 2.45) is 0 Å². The molecule has 0 aliphatic heterocycles. The number of aromatic nitrogens is 6. The van der Waals surface area contributed by atoms with E-state index in [1.165, 1.54) is 50.5 Å². The first-order valence-corrected chi connectivity index (χ1v) is 30.5. The molecule has 21 heteroatoms. The Hall–Kier alpha value is -9.40. The van der Waals surface area contributed by atoms with E-state index in [2.05, 4.69) is 48.1 Å². The minimum atomic E-state index is -5.84. The monoisotopic (exact) mass is 1710 g/mol. The van der Waals surface area contributed by atoms with Gasteiger partial charge in [-0.15, -0.1) is 90.0 Å². The second-order valence-electron chi connectivity index (χ2n) is 20.6. The van der Waals surface area contributed by atoms with Crippen LogP contribution in [0.25, 0.3) is 111 Å². The van der Waals surface area contributed by atoms with Crippen LogP contribution >= 0.6 is 0 Å². The quantitative estimate of drug-likeness (QED) is 0.0562. The molecular weight excluding hydrogens is 1630 g/mol. The van der Waals surface area contributed by atoms with E-state index >= 15 is 0 Å². The summed E-state index contributed by atoms with van der Waals surface area (Å²) in [5, 5.41) is 18.0. The van der Waals surface area contributed by atoms with Gasteiger partial charge in [-0.3, -0.25) is 9.54 Å². The van der Waals surface area contributed by atoms with Crippen molar-refractivity contribution >= 4 is 54.3 Å². The Morgan fingerprint density at radius 2 is 0.939 bits per heavy atom. The third-order valence-electron chi connectivity index (χ3n) is 14.0. The van der Waals surface area contributed by atoms with Crippen molar-refractivity contribution in [3.8, 4) is 67.3 Å². The number of fused-ring (bicyclic) bond motifs is 6. The van der Waals surface area contributed by atoms with Crippen LogP contribution in [0.1, 0.15) is 72.8 Å². The molecule has 98 heavy (non-hydrogen) atoms. The number of rotatable bonds is 8. The summed E-state index contributed by atoms with van der Waals surface area (Å²) in [4.78, 5) is 26.5. The topological polar surface area (TPSA) is 198 Å². The number of hydrogen-bond donors (Lipinski definition) is 3. The number of hydrogen-bond acceptors (Lipinski definition) is 12. The van der Waals surface area contributed by atoms with E-state index in [1.54, 1.807) is 73.1 Å². The summed E-state index contributed by atoms with van der Waals surface area (Å²) in [6.45, 7) is 1.88. The fourth-order valence-corrected chi connectivity index (χ4v) is 9.32. The Bertz CT molecular complexity index is 5000. The maximum atomic E-state index is 13.2. The Morgan fingerprint density at radius 1 is 0.490 bits per heavy atom. The van der Waals surface area contributed by atoms with Gasteiger partial charge in [-0.05, 0) is 149 Å². The van der Waals surface area contributed by atoms with Gasteiger partial charge in [0.1, 0.15) is 17.2 Å². The zero-order valence-electron chi connectivity index (χ0n) is 61.0. The SMILES string of the molecule is CO.CO.Cc1ccc2c(n1)oc1c(-c3cc(-c4ccc(F)cc4)ccn3)[c-]ccc12.Cc1ccc2c(n1)oc1c(-c3cc(-c4ccc(F)cc4)ccn3)cccc12.O=S(=O)(O)C(F)(F)F.[2H]C([2H])([2H])C([2H])(C)c1ccc(-c2[c-]cccc2)nc1.[2H]C([2H])([2H])C([2H])(C)c1ccc(-c2[c-]cccc2)nc1.[Ir].[Ir]. The van der Waals surface area contributed by atoms with Crippen LogP contribution in [0.4, 0.5) is 22.0 Å². The van der Waals surface area contributed by atoms with Gasteiger partial charge in [0.15, 0.2) is 0 Å². The second kappa shape index (κ2) is 36.3. The Kier molecular flexibility index (Phi) is 24.4. The predicted octanol–water partition coefficient (Wildman–Crippen LogP) is 19.1. The molecular formula is C77H66F5Ir2N6O7S-3. The van der Waals surface area contributed by atoms with Crippen molar-refractivity contribution in [2.75, 3.05) is 14.2 Å². The van der Waals surface area contributed by atoms with E-state index in [0.29, 0.717) is 39.5 Å². The van der Waals surface area contributed by atoms with Gasteiger partial charge < -0.3 is 34.0 Å². The molecule has 8 aromatic heterocycles. The van der Waals surface area contributed by atoms with Crippen LogP contribution in [0.2, 0.25) is 0 Å². The molecule has 2 radical (unpaired) electrons. The number of aliphatic hydroxyl groups is 2. The van der Waals surface area contributed by atoms with E-state index in [9.17, 15) is 22.0 Å². The van der Waals surface area contributed by atoms with Crippen molar-refractivity contribution in [3.63, 3.8) is 0 Å². The van der Waals surface area contributed by atoms with Crippen molar-refractivity contribution in [3.05, 3.63) is 277 Å². The van der Waals surface area contributed by atoms with Gasteiger partial charge in [0, 0.05) is 123 Å². The molecule has 508 valence electrons. The van der Waals surface area contributed by atoms with Gasteiger partial charge in [0.05, 0.1) is 11.3 Å². The minimum absolute atomic E-state index is 0. The molecule has 13 nitrogen and oxygen atoms in total. The molecule has 0 amide bonds. The van der Waals surface area contributed by atoms with Crippen LogP contribution < -0.4 is 0 Å². The zero-order valence-corrected chi connectivity index (χ0v) is 58.6. The predicted molar refractivity (Wildman–Crippen MR) is 368 cm³/mol.